The summed E-state index contributed by atoms with van der Waals surface area (Å²) in [6, 6.07) is 5.36. The van der Waals surface area contributed by atoms with Crippen LogP contribution in [0, 0.1) is 6.92 Å². The van der Waals surface area contributed by atoms with E-state index < -0.39 is 11.9 Å². The van der Waals surface area contributed by atoms with E-state index in [-0.39, 0.29) is 18.8 Å². The fourth-order valence-corrected chi connectivity index (χ4v) is 2.05. The van der Waals surface area contributed by atoms with Crippen molar-refractivity contribution < 1.29 is 19.1 Å². The maximum atomic E-state index is 12.0. The van der Waals surface area contributed by atoms with Gasteiger partial charge in [-0.3, -0.25) is 4.98 Å². The average Bonchev–Trinajstić information content (AvgIpc) is 2.97. The third-order valence-electron chi connectivity index (χ3n) is 3.09. The number of hydrogen-bond donors (Lipinski definition) is 1. The number of ether oxygens (including phenoxy) is 2. The highest BCUT2D eigenvalue weighted by Gasteiger charge is 2.21. The standard InChI is InChI=1S/C17H20N4O4/c1-4-24-16(22)14(17(23)25-5-2)11-19-15-10-12(3)20-21(15)13-6-8-18-9-7-13/h6-11,19H,4-5H2,1-3H3. The number of nitrogens with one attached hydrogen (secondary N) is 1. The Hall–Kier alpha value is -3.16. The number of aryl methyl sites for hydroxylation is 1. The van der Waals surface area contributed by atoms with E-state index in [0.29, 0.717) is 5.82 Å². The Morgan fingerprint density at radius 1 is 1.16 bits per heavy atom. The SMILES string of the molecule is CCOC(=O)C(=CNc1cc(C)nn1-c1ccncc1)C(=O)OCC. The van der Waals surface area contributed by atoms with Crippen LogP contribution in [0.4, 0.5) is 5.82 Å². The second-order valence-electron chi connectivity index (χ2n) is 4.93. The van der Waals surface area contributed by atoms with Crippen molar-refractivity contribution in [1.29, 1.82) is 0 Å². The molecule has 0 aliphatic rings. The summed E-state index contributed by atoms with van der Waals surface area (Å²) in [6.45, 7) is 5.48. The summed E-state index contributed by atoms with van der Waals surface area (Å²) in [5, 5.41) is 7.31. The van der Waals surface area contributed by atoms with E-state index in [1.807, 2.05) is 6.92 Å². The van der Waals surface area contributed by atoms with Crippen molar-refractivity contribution in [2.24, 2.45) is 0 Å². The van der Waals surface area contributed by atoms with Crippen molar-refractivity contribution in [2.75, 3.05) is 18.5 Å². The zero-order valence-corrected chi connectivity index (χ0v) is 14.4. The van der Waals surface area contributed by atoms with Crippen molar-refractivity contribution in [3.05, 3.63) is 48.1 Å². The highest BCUT2D eigenvalue weighted by atomic mass is 16.6. The molecule has 132 valence electrons. The quantitative estimate of drug-likeness (QED) is 0.355. The first-order valence-corrected chi connectivity index (χ1v) is 7.84. The molecule has 0 unspecified atom stereocenters. The Morgan fingerprint density at radius 2 is 1.76 bits per heavy atom. The molecule has 0 saturated heterocycles. The normalized spacial score (nSPS) is 10.0. The van der Waals surface area contributed by atoms with Gasteiger partial charge in [-0.05, 0) is 32.9 Å². The van der Waals surface area contributed by atoms with Crippen LogP contribution < -0.4 is 5.32 Å². The van der Waals surface area contributed by atoms with Crippen LogP contribution in [0.5, 0.6) is 0 Å². The summed E-state index contributed by atoms with van der Waals surface area (Å²) in [5.41, 5.74) is 1.33. The molecule has 0 amide bonds. The molecule has 1 N–H and O–H groups in total. The highest BCUT2D eigenvalue weighted by molar-refractivity contribution is 6.14. The molecule has 8 heteroatoms. The number of carbonyl (C=O) groups excluding carboxylic acids is 2. The van der Waals surface area contributed by atoms with Gasteiger partial charge in [-0.2, -0.15) is 5.10 Å². The molecule has 0 aromatic carbocycles. The average molecular weight is 344 g/mol. The minimum Gasteiger partial charge on any atom is -0.462 e. The van der Waals surface area contributed by atoms with E-state index in [9.17, 15) is 9.59 Å². The second kappa shape index (κ2) is 8.62. The summed E-state index contributed by atoms with van der Waals surface area (Å²) in [7, 11) is 0. The van der Waals surface area contributed by atoms with Crippen molar-refractivity contribution in [2.45, 2.75) is 20.8 Å². The van der Waals surface area contributed by atoms with Crippen molar-refractivity contribution in [3.8, 4) is 5.69 Å². The molecule has 0 atom stereocenters. The van der Waals surface area contributed by atoms with Crippen LogP contribution in [-0.4, -0.2) is 39.9 Å². The first kappa shape index (κ1) is 18.2. The minimum absolute atomic E-state index is 0.156. The fourth-order valence-electron chi connectivity index (χ4n) is 2.05. The first-order chi connectivity index (χ1) is 12.1. The largest absolute Gasteiger partial charge is 0.462 e. The summed E-state index contributed by atoms with van der Waals surface area (Å²) >= 11 is 0. The smallest absolute Gasteiger partial charge is 0.347 e. The molecule has 0 bridgehead atoms. The summed E-state index contributed by atoms with van der Waals surface area (Å²) in [6.07, 6.45) is 4.56. The molecule has 0 radical (unpaired) electrons. The lowest BCUT2D eigenvalue weighted by Crippen LogP contribution is -2.19. The molecule has 2 rings (SSSR count). The van der Waals surface area contributed by atoms with Gasteiger partial charge in [-0.1, -0.05) is 0 Å². The van der Waals surface area contributed by atoms with Gasteiger partial charge in [0.1, 0.15) is 5.82 Å². The molecule has 0 saturated carbocycles. The second-order valence-corrected chi connectivity index (χ2v) is 4.93. The monoisotopic (exact) mass is 344 g/mol. The lowest BCUT2D eigenvalue weighted by atomic mass is 10.3. The fraction of sp³-hybridized carbons (Fsp3) is 0.294. The van der Waals surface area contributed by atoms with Gasteiger partial charge in [0.25, 0.3) is 0 Å². The number of carbonyl (C=O) groups is 2. The van der Waals surface area contributed by atoms with Crippen LogP contribution in [0.3, 0.4) is 0 Å². The third kappa shape index (κ3) is 4.66. The number of hydrogen-bond acceptors (Lipinski definition) is 7. The van der Waals surface area contributed by atoms with Gasteiger partial charge in [0.2, 0.25) is 0 Å². The summed E-state index contributed by atoms with van der Waals surface area (Å²) in [5.74, 6) is -0.921. The molecular weight excluding hydrogens is 324 g/mol. The topological polar surface area (TPSA) is 95.3 Å². The molecule has 0 aliphatic carbocycles. The summed E-state index contributed by atoms with van der Waals surface area (Å²) < 4.78 is 11.4. The molecule has 0 fully saturated rings. The molecule has 8 nitrogen and oxygen atoms in total. The number of pyridine rings is 1. The van der Waals surface area contributed by atoms with E-state index >= 15 is 0 Å². The van der Waals surface area contributed by atoms with Gasteiger partial charge in [-0.25, -0.2) is 14.3 Å². The first-order valence-electron chi connectivity index (χ1n) is 7.84. The van der Waals surface area contributed by atoms with Crippen LogP contribution in [0.2, 0.25) is 0 Å². The molecular formula is C17H20N4O4. The van der Waals surface area contributed by atoms with Gasteiger partial charge in [-0.15, -0.1) is 0 Å². The molecule has 0 spiro atoms. The van der Waals surface area contributed by atoms with Gasteiger partial charge in [0, 0.05) is 24.7 Å². The lowest BCUT2D eigenvalue weighted by molar-refractivity contribution is -0.146. The Kier molecular flexibility index (Phi) is 6.27. The lowest BCUT2D eigenvalue weighted by Gasteiger charge is -2.09. The zero-order valence-electron chi connectivity index (χ0n) is 14.4. The maximum Gasteiger partial charge on any atom is 0.347 e. The molecule has 25 heavy (non-hydrogen) atoms. The van der Waals surface area contributed by atoms with E-state index in [4.69, 9.17) is 9.47 Å². The van der Waals surface area contributed by atoms with Crippen LogP contribution in [0.25, 0.3) is 5.69 Å². The summed E-state index contributed by atoms with van der Waals surface area (Å²) in [4.78, 5) is 27.9. The van der Waals surface area contributed by atoms with E-state index in [1.54, 1.807) is 49.1 Å². The van der Waals surface area contributed by atoms with Gasteiger partial charge >= 0.3 is 11.9 Å². The zero-order chi connectivity index (χ0) is 18.2. The predicted octanol–water partition coefficient (Wildman–Crippen LogP) is 2.00. The molecule has 2 aromatic heterocycles. The van der Waals surface area contributed by atoms with Crippen molar-refractivity contribution in [3.63, 3.8) is 0 Å². The van der Waals surface area contributed by atoms with Gasteiger partial charge < -0.3 is 14.8 Å². The number of nitrogens with zero attached hydrogens (tertiary/aromatic N) is 3. The Bertz CT molecular complexity index is 748. The number of rotatable bonds is 7. The Labute approximate surface area is 145 Å². The van der Waals surface area contributed by atoms with E-state index in [0.717, 1.165) is 11.4 Å². The van der Waals surface area contributed by atoms with Crippen molar-refractivity contribution in [1.82, 2.24) is 14.8 Å². The number of esters is 2. The Morgan fingerprint density at radius 3 is 2.32 bits per heavy atom. The minimum atomic E-state index is -0.750. The predicted molar refractivity (Wildman–Crippen MR) is 91.1 cm³/mol. The van der Waals surface area contributed by atoms with Crippen LogP contribution in [0.1, 0.15) is 19.5 Å². The van der Waals surface area contributed by atoms with Crippen LogP contribution in [-0.2, 0) is 19.1 Å². The number of anilines is 1. The third-order valence-corrected chi connectivity index (χ3v) is 3.09. The maximum absolute atomic E-state index is 12.0. The van der Waals surface area contributed by atoms with Crippen LogP contribution >= 0.6 is 0 Å². The van der Waals surface area contributed by atoms with E-state index in [1.165, 1.54) is 6.20 Å². The van der Waals surface area contributed by atoms with E-state index in [2.05, 4.69) is 15.4 Å². The molecule has 2 aromatic rings. The molecule has 0 aliphatic heterocycles. The van der Waals surface area contributed by atoms with Gasteiger partial charge in [0.15, 0.2) is 5.57 Å². The highest BCUT2D eigenvalue weighted by Crippen LogP contribution is 2.17. The van der Waals surface area contributed by atoms with Crippen molar-refractivity contribution >= 4 is 17.8 Å². The van der Waals surface area contributed by atoms with Crippen LogP contribution in [0.15, 0.2) is 42.4 Å². The number of aromatic nitrogens is 3. The Balaban J connectivity index is 2.31. The van der Waals surface area contributed by atoms with Gasteiger partial charge in [0.05, 0.1) is 24.6 Å². The molecule has 2 heterocycles.